The van der Waals surface area contributed by atoms with E-state index in [-0.39, 0.29) is 18.5 Å². The van der Waals surface area contributed by atoms with Crippen LogP contribution >= 0.6 is 0 Å². The lowest BCUT2D eigenvalue weighted by Crippen LogP contribution is -2.46. The van der Waals surface area contributed by atoms with Gasteiger partial charge in [-0.25, -0.2) is 0 Å². The second kappa shape index (κ2) is 11.0. The Morgan fingerprint density at radius 2 is 1.08 bits per heavy atom. The zero-order chi connectivity index (χ0) is 18.2. The molecule has 152 valence electrons. The Bertz CT molecular complexity index is 328. The van der Waals surface area contributed by atoms with Gasteiger partial charge in [0.25, 0.3) is 0 Å². The van der Waals surface area contributed by atoms with Crippen LogP contribution in [0, 0.1) is 23.7 Å². The molecule has 0 radical (unpaired) electrons. The van der Waals surface area contributed by atoms with Gasteiger partial charge in [-0.3, -0.25) is 0 Å². The van der Waals surface area contributed by atoms with Crippen molar-refractivity contribution in [1.82, 2.24) is 0 Å². The van der Waals surface area contributed by atoms with Crippen molar-refractivity contribution in [3.05, 3.63) is 0 Å². The Hall–Kier alpha value is -0.160. The van der Waals surface area contributed by atoms with Crippen LogP contribution in [-0.4, -0.2) is 39.0 Å². The maximum absolute atomic E-state index is 6.11. The summed E-state index contributed by atoms with van der Waals surface area (Å²) in [5.74, 6) is 2.30. The van der Waals surface area contributed by atoms with Crippen LogP contribution < -0.4 is 0 Å². The van der Waals surface area contributed by atoms with Gasteiger partial charge in [0.2, 0.25) is 0 Å². The molecule has 0 aromatic rings. The van der Waals surface area contributed by atoms with Crippen molar-refractivity contribution in [3.63, 3.8) is 0 Å². The van der Waals surface area contributed by atoms with Gasteiger partial charge in [0.15, 0.2) is 12.6 Å². The normalized spacial score (nSPS) is 39.0. The molecule has 1 aliphatic carbocycles. The van der Waals surface area contributed by atoms with E-state index >= 15 is 0 Å². The molecule has 4 heteroatoms. The summed E-state index contributed by atoms with van der Waals surface area (Å²) in [6.07, 6.45) is 12.9. The molecule has 3 fully saturated rings. The average Bonchev–Trinajstić information content (AvgIpc) is 2.72. The van der Waals surface area contributed by atoms with Crippen LogP contribution in [-0.2, 0) is 18.9 Å². The second-order valence-electron chi connectivity index (χ2n) is 8.76. The molecule has 3 rings (SSSR count). The van der Waals surface area contributed by atoms with Crippen molar-refractivity contribution in [3.8, 4) is 0 Å². The lowest BCUT2D eigenvalue weighted by atomic mass is 9.79. The van der Waals surface area contributed by atoms with Gasteiger partial charge >= 0.3 is 0 Å². The molecule has 3 aliphatic rings. The molecule has 1 saturated carbocycles. The molecule has 2 aliphatic heterocycles. The van der Waals surface area contributed by atoms with Crippen molar-refractivity contribution >= 4 is 0 Å². The molecule has 0 N–H and O–H groups in total. The lowest BCUT2D eigenvalue weighted by Gasteiger charge is -2.40. The quantitative estimate of drug-likeness (QED) is 0.593. The van der Waals surface area contributed by atoms with Crippen LogP contribution in [0.2, 0.25) is 0 Å². The molecule has 2 heterocycles. The standard InChI is InChI=1S/C22H40O4/c1-3-5-7-17-9-11-19(12-10-17)21-25-15-20(16-26-21)22-23-13-18(14-24-22)8-6-4-2/h17-22H,3-16H2,1-2H3. The third-order valence-corrected chi connectivity index (χ3v) is 6.53. The zero-order valence-electron chi connectivity index (χ0n) is 17.0. The molecule has 0 atom stereocenters. The van der Waals surface area contributed by atoms with E-state index < -0.39 is 0 Å². The van der Waals surface area contributed by atoms with Gasteiger partial charge in [-0.05, 0) is 38.0 Å². The van der Waals surface area contributed by atoms with Crippen molar-refractivity contribution in [2.24, 2.45) is 23.7 Å². The molecular weight excluding hydrogens is 328 g/mol. The topological polar surface area (TPSA) is 36.9 Å². The molecule has 0 unspecified atom stereocenters. The van der Waals surface area contributed by atoms with E-state index in [9.17, 15) is 0 Å². The van der Waals surface area contributed by atoms with Gasteiger partial charge < -0.3 is 18.9 Å². The molecular formula is C22H40O4. The fourth-order valence-electron chi connectivity index (χ4n) is 4.69. The Balaban J connectivity index is 1.32. The van der Waals surface area contributed by atoms with E-state index in [0.29, 0.717) is 25.0 Å². The summed E-state index contributed by atoms with van der Waals surface area (Å²) in [6.45, 7) is 7.60. The number of hydrogen-bond donors (Lipinski definition) is 0. The Morgan fingerprint density at radius 1 is 0.577 bits per heavy atom. The van der Waals surface area contributed by atoms with Crippen LogP contribution in [0.5, 0.6) is 0 Å². The predicted octanol–water partition coefficient (Wildman–Crippen LogP) is 5.15. The zero-order valence-corrected chi connectivity index (χ0v) is 17.0. The van der Waals surface area contributed by atoms with Gasteiger partial charge in [-0.15, -0.1) is 0 Å². The van der Waals surface area contributed by atoms with E-state index in [0.717, 1.165) is 19.1 Å². The Labute approximate surface area is 160 Å². The summed E-state index contributed by atoms with van der Waals surface area (Å²) in [7, 11) is 0. The Morgan fingerprint density at radius 3 is 1.65 bits per heavy atom. The molecule has 26 heavy (non-hydrogen) atoms. The largest absolute Gasteiger partial charge is 0.352 e. The fraction of sp³-hybridized carbons (Fsp3) is 1.00. The maximum Gasteiger partial charge on any atom is 0.164 e. The first kappa shape index (κ1) is 20.6. The number of hydrogen-bond acceptors (Lipinski definition) is 4. The van der Waals surface area contributed by atoms with Crippen molar-refractivity contribution in [1.29, 1.82) is 0 Å². The third kappa shape index (κ3) is 5.92. The summed E-state index contributed by atoms with van der Waals surface area (Å²) in [4.78, 5) is 0. The van der Waals surface area contributed by atoms with Gasteiger partial charge in [-0.1, -0.05) is 46.0 Å². The second-order valence-corrected chi connectivity index (χ2v) is 8.76. The lowest BCUT2D eigenvalue weighted by molar-refractivity contribution is -0.291. The van der Waals surface area contributed by atoms with Crippen LogP contribution in [0.3, 0.4) is 0 Å². The predicted molar refractivity (Wildman–Crippen MR) is 103 cm³/mol. The van der Waals surface area contributed by atoms with Crippen LogP contribution in [0.15, 0.2) is 0 Å². The minimum Gasteiger partial charge on any atom is -0.352 e. The summed E-state index contributed by atoms with van der Waals surface area (Å²) in [5, 5.41) is 0. The number of rotatable bonds is 8. The average molecular weight is 369 g/mol. The molecule has 0 aromatic heterocycles. The van der Waals surface area contributed by atoms with E-state index in [2.05, 4.69) is 13.8 Å². The van der Waals surface area contributed by atoms with Crippen molar-refractivity contribution in [2.75, 3.05) is 26.4 Å². The summed E-state index contributed by atoms with van der Waals surface area (Å²) < 4.78 is 24.2. The van der Waals surface area contributed by atoms with E-state index in [1.165, 1.54) is 64.2 Å². The smallest absolute Gasteiger partial charge is 0.164 e. The van der Waals surface area contributed by atoms with Crippen molar-refractivity contribution < 1.29 is 18.9 Å². The summed E-state index contributed by atoms with van der Waals surface area (Å²) in [6, 6.07) is 0. The van der Waals surface area contributed by atoms with Gasteiger partial charge in [-0.2, -0.15) is 0 Å². The summed E-state index contributed by atoms with van der Waals surface area (Å²) in [5.41, 5.74) is 0. The molecule has 0 bridgehead atoms. The van der Waals surface area contributed by atoms with E-state index in [1.807, 2.05) is 0 Å². The highest BCUT2D eigenvalue weighted by Crippen LogP contribution is 2.36. The molecule has 0 aromatic carbocycles. The fourth-order valence-corrected chi connectivity index (χ4v) is 4.69. The van der Waals surface area contributed by atoms with Gasteiger partial charge in [0.1, 0.15) is 0 Å². The maximum atomic E-state index is 6.11. The number of unbranched alkanes of at least 4 members (excludes halogenated alkanes) is 2. The first-order chi connectivity index (χ1) is 12.8. The van der Waals surface area contributed by atoms with Gasteiger partial charge in [0.05, 0.1) is 32.3 Å². The first-order valence-electron chi connectivity index (χ1n) is 11.3. The SMILES string of the molecule is CCCCC1CCC(C2OCC(C3OCC(CCCC)CO3)CO2)CC1. The molecule has 4 nitrogen and oxygen atoms in total. The highest BCUT2D eigenvalue weighted by Gasteiger charge is 2.37. The highest BCUT2D eigenvalue weighted by atomic mass is 16.7. The van der Waals surface area contributed by atoms with Gasteiger partial charge in [0, 0.05) is 11.8 Å². The van der Waals surface area contributed by atoms with Crippen LogP contribution in [0.25, 0.3) is 0 Å². The highest BCUT2D eigenvalue weighted by molar-refractivity contribution is 4.78. The van der Waals surface area contributed by atoms with E-state index in [1.54, 1.807) is 0 Å². The Kier molecular flexibility index (Phi) is 8.70. The van der Waals surface area contributed by atoms with Crippen LogP contribution in [0.4, 0.5) is 0 Å². The monoisotopic (exact) mass is 368 g/mol. The van der Waals surface area contributed by atoms with Crippen molar-refractivity contribution in [2.45, 2.75) is 90.6 Å². The molecule has 0 amide bonds. The number of ether oxygens (including phenoxy) is 4. The summed E-state index contributed by atoms with van der Waals surface area (Å²) >= 11 is 0. The van der Waals surface area contributed by atoms with Crippen LogP contribution in [0.1, 0.15) is 78.1 Å². The molecule has 0 spiro atoms. The minimum atomic E-state index is -0.140. The third-order valence-electron chi connectivity index (χ3n) is 6.53. The first-order valence-corrected chi connectivity index (χ1v) is 11.3. The molecule has 2 saturated heterocycles. The van der Waals surface area contributed by atoms with E-state index in [4.69, 9.17) is 18.9 Å². The minimum absolute atomic E-state index is 0.000677.